The Morgan fingerprint density at radius 1 is 1.53 bits per heavy atom. The summed E-state index contributed by atoms with van der Waals surface area (Å²) in [5.74, 6) is -0.565. The standard InChI is InChI=1S/C12H16N2O2S/c1-4-8(5-2)9-10(11(15)16)17-12-13-6-7(3)14(9)12/h6,8H,4-5H2,1-3H3,(H,15,16). The van der Waals surface area contributed by atoms with Crippen LogP contribution in [0.2, 0.25) is 0 Å². The summed E-state index contributed by atoms with van der Waals surface area (Å²) in [5, 5.41) is 9.29. The van der Waals surface area contributed by atoms with Crippen molar-refractivity contribution >= 4 is 22.3 Å². The lowest BCUT2D eigenvalue weighted by Crippen LogP contribution is -2.07. The van der Waals surface area contributed by atoms with Crippen molar-refractivity contribution in [3.8, 4) is 0 Å². The lowest BCUT2D eigenvalue weighted by molar-refractivity contribution is 0.0700. The molecular formula is C12H16N2O2S. The number of imidazole rings is 1. The van der Waals surface area contributed by atoms with Crippen LogP contribution in [0.5, 0.6) is 0 Å². The fourth-order valence-corrected chi connectivity index (χ4v) is 3.29. The minimum absolute atomic E-state index is 0.280. The first-order valence-corrected chi connectivity index (χ1v) is 6.61. The van der Waals surface area contributed by atoms with Crippen molar-refractivity contribution in [2.45, 2.75) is 39.5 Å². The van der Waals surface area contributed by atoms with Gasteiger partial charge in [-0.3, -0.25) is 4.40 Å². The predicted octanol–water partition coefficient (Wildman–Crippen LogP) is 3.31. The van der Waals surface area contributed by atoms with Crippen LogP contribution in [0, 0.1) is 6.92 Å². The van der Waals surface area contributed by atoms with Crippen molar-refractivity contribution in [3.63, 3.8) is 0 Å². The molecule has 4 nitrogen and oxygen atoms in total. The van der Waals surface area contributed by atoms with Crippen molar-refractivity contribution in [1.82, 2.24) is 9.38 Å². The highest BCUT2D eigenvalue weighted by Gasteiger charge is 2.24. The Labute approximate surface area is 104 Å². The molecule has 2 aromatic heterocycles. The highest BCUT2D eigenvalue weighted by atomic mass is 32.1. The van der Waals surface area contributed by atoms with Crippen LogP contribution in [0.3, 0.4) is 0 Å². The molecule has 5 heteroatoms. The maximum atomic E-state index is 11.3. The van der Waals surface area contributed by atoms with E-state index in [2.05, 4.69) is 18.8 Å². The zero-order chi connectivity index (χ0) is 12.6. The second-order valence-corrected chi connectivity index (χ2v) is 5.13. The van der Waals surface area contributed by atoms with Crippen LogP contribution in [-0.2, 0) is 0 Å². The van der Waals surface area contributed by atoms with Gasteiger partial charge in [-0.2, -0.15) is 0 Å². The molecule has 0 saturated carbocycles. The van der Waals surface area contributed by atoms with Gasteiger partial charge in [-0.15, -0.1) is 0 Å². The first-order valence-electron chi connectivity index (χ1n) is 5.80. The van der Waals surface area contributed by atoms with Crippen LogP contribution in [0.15, 0.2) is 6.20 Å². The molecule has 2 aromatic rings. The Kier molecular flexibility index (Phi) is 3.19. The summed E-state index contributed by atoms with van der Waals surface area (Å²) in [4.78, 5) is 16.8. The number of hydrogen-bond donors (Lipinski definition) is 1. The molecule has 0 aromatic carbocycles. The van der Waals surface area contributed by atoms with E-state index in [9.17, 15) is 9.90 Å². The summed E-state index contributed by atoms with van der Waals surface area (Å²) in [6.45, 7) is 6.15. The van der Waals surface area contributed by atoms with Gasteiger partial charge in [-0.05, 0) is 19.8 Å². The van der Waals surface area contributed by atoms with Gasteiger partial charge in [0, 0.05) is 17.8 Å². The number of hydrogen-bond acceptors (Lipinski definition) is 3. The van der Waals surface area contributed by atoms with Gasteiger partial charge < -0.3 is 5.11 Å². The first-order chi connectivity index (χ1) is 8.10. The number of thiazole rings is 1. The molecule has 0 aliphatic carbocycles. The van der Waals surface area contributed by atoms with E-state index in [1.165, 1.54) is 11.3 Å². The molecule has 0 aliphatic heterocycles. The Balaban J connectivity index is 2.73. The number of fused-ring (bicyclic) bond motifs is 1. The number of carboxylic acids is 1. The maximum absolute atomic E-state index is 11.3. The fraction of sp³-hybridized carbons (Fsp3) is 0.500. The Hall–Kier alpha value is -1.36. The molecule has 1 N–H and O–H groups in total. The number of rotatable bonds is 4. The Morgan fingerprint density at radius 2 is 2.18 bits per heavy atom. The van der Waals surface area contributed by atoms with E-state index in [1.54, 1.807) is 6.20 Å². The van der Waals surface area contributed by atoms with E-state index in [-0.39, 0.29) is 5.92 Å². The quantitative estimate of drug-likeness (QED) is 0.908. The number of aromatic carboxylic acids is 1. The number of nitrogens with zero attached hydrogens (tertiary/aromatic N) is 2. The normalized spacial score (nSPS) is 11.5. The molecule has 0 atom stereocenters. The third-order valence-corrected chi connectivity index (χ3v) is 4.20. The van der Waals surface area contributed by atoms with Crippen molar-refractivity contribution in [2.75, 3.05) is 0 Å². The van der Waals surface area contributed by atoms with Crippen LogP contribution in [0.1, 0.15) is 53.7 Å². The van der Waals surface area contributed by atoms with Crippen molar-refractivity contribution in [3.05, 3.63) is 22.5 Å². The largest absolute Gasteiger partial charge is 0.477 e. The minimum atomic E-state index is -0.846. The molecule has 17 heavy (non-hydrogen) atoms. The molecule has 0 radical (unpaired) electrons. The van der Waals surface area contributed by atoms with Crippen molar-refractivity contribution < 1.29 is 9.90 Å². The summed E-state index contributed by atoms with van der Waals surface area (Å²) in [7, 11) is 0. The monoisotopic (exact) mass is 252 g/mol. The zero-order valence-corrected chi connectivity index (χ0v) is 11.0. The minimum Gasteiger partial charge on any atom is -0.477 e. The molecule has 0 aliphatic rings. The van der Waals surface area contributed by atoms with Crippen LogP contribution in [0.25, 0.3) is 4.96 Å². The molecule has 0 bridgehead atoms. The van der Waals surface area contributed by atoms with Gasteiger partial charge in [0.25, 0.3) is 0 Å². The van der Waals surface area contributed by atoms with E-state index < -0.39 is 5.97 Å². The lowest BCUT2D eigenvalue weighted by Gasteiger charge is -2.13. The number of carbonyl (C=O) groups is 1. The predicted molar refractivity (Wildman–Crippen MR) is 68.1 cm³/mol. The highest BCUT2D eigenvalue weighted by molar-refractivity contribution is 7.19. The molecule has 0 fully saturated rings. The van der Waals surface area contributed by atoms with Gasteiger partial charge in [0.1, 0.15) is 4.88 Å². The van der Waals surface area contributed by atoms with Crippen molar-refractivity contribution in [2.24, 2.45) is 0 Å². The topological polar surface area (TPSA) is 54.6 Å². The van der Waals surface area contributed by atoms with Gasteiger partial charge in [0.15, 0.2) is 4.96 Å². The Bertz CT molecular complexity index is 552. The second-order valence-electron chi connectivity index (χ2n) is 4.15. The summed E-state index contributed by atoms with van der Waals surface area (Å²) < 4.78 is 1.99. The van der Waals surface area contributed by atoms with E-state index in [1.807, 2.05) is 11.3 Å². The van der Waals surface area contributed by atoms with Gasteiger partial charge in [-0.25, -0.2) is 9.78 Å². The second kappa shape index (κ2) is 4.49. The summed E-state index contributed by atoms with van der Waals surface area (Å²) in [6, 6.07) is 0. The number of aryl methyl sites for hydroxylation is 1. The number of aromatic nitrogens is 2. The number of carboxylic acid groups (broad SMARTS) is 1. The maximum Gasteiger partial charge on any atom is 0.347 e. The van der Waals surface area contributed by atoms with Gasteiger partial charge in [0.2, 0.25) is 0 Å². The first kappa shape index (κ1) is 12.1. The van der Waals surface area contributed by atoms with E-state index in [4.69, 9.17) is 0 Å². The van der Waals surface area contributed by atoms with Crippen molar-refractivity contribution in [1.29, 1.82) is 0 Å². The summed E-state index contributed by atoms with van der Waals surface area (Å²) in [5.41, 5.74) is 1.92. The molecule has 0 saturated heterocycles. The van der Waals surface area contributed by atoms with E-state index >= 15 is 0 Å². The SMILES string of the molecule is CCC(CC)c1c(C(=O)O)sc2ncc(C)n12. The molecule has 2 rings (SSSR count). The zero-order valence-electron chi connectivity index (χ0n) is 10.2. The van der Waals surface area contributed by atoms with Gasteiger partial charge in [0.05, 0.1) is 5.69 Å². The van der Waals surface area contributed by atoms with Crippen LogP contribution in [-0.4, -0.2) is 20.5 Å². The summed E-state index contributed by atoms with van der Waals surface area (Å²) >= 11 is 1.26. The molecule has 2 heterocycles. The van der Waals surface area contributed by atoms with Crippen LogP contribution >= 0.6 is 11.3 Å². The third kappa shape index (κ3) is 1.84. The van der Waals surface area contributed by atoms with Crippen LogP contribution in [0.4, 0.5) is 0 Å². The van der Waals surface area contributed by atoms with E-state index in [0.717, 1.165) is 29.2 Å². The fourth-order valence-electron chi connectivity index (χ4n) is 2.22. The van der Waals surface area contributed by atoms with E-state index in [0.29, 0.717) is 4.88 Å². The van der Waals surface area contributed by atoms with Gasteiger partial charge in [-0.1, -0.05) is 25.2 Å². The third-order valence-electron chi connectivity index (χ3n) is 3.14. The smallest absolute Gasteiger partial charge is 0.347 e. The molecule has 0 spiro atoms. The lowest BCUT2D eigenvalue weighted by atomic mass is 9.98. The average Bonchev–Trinajstić information content (AvgIpc) is 2.82. The highest BCUT2D eigenvalue weighted by Crippen LogP contribution is 2.33. The summed E-state index contributed by atoms with van der Waals surface area (Å²) in [6.07, 6.45) is 3.68. The molecule has 0 unspecified atom stereocenters. The van der Waals surface area contributed by atoms with Gasteiger partial charge >= 0.3 is 5.97 Å². The molecular weight excluding hydrogens is 236 g/mol. The molecule has 92 valence electrons. The van der Waals surface area contributed by atoms with Crippen LogP contribution < -0.4 is 0 Å². The molecule has 0 amide bonds. The Morgan fingerprint density at radius 3 is 2.71 bits per heavy atom. The average molecular weight is 252 g/mol.